The highest BCUT2D eigenvalue weighted by atomic mass is 32.2. The van der Waals surface area contributed by atoms with E-state index in [1.807, 2.05) is 66.7 Å². The molecule has 3 aromatic rings. The van der Waals surface area contributed by atoms with Crippen molar-refractivity contribution < 1.29 is 37.1 Å². The molecule has 292 valence electrons. The second-order valence-corrected chi connectivity index (χ2v) is 17.9. The van der Waals surface area contributed by atoms with Crippen LogP contribution in [-0.2, 0) is 29.1 Å². The predicted molar refractivity (Wildman–Crippen MR) is 204 cm³/mol. The topological polar surface area (TPSA) is 186 Å². The molecule has 4 amide bonds. The van der Waals surface area contributed by atoms with Crippen LogP contribution in [0.2, 0.25) is 0 Å². The standard InChI is InChI=1S/C40H48N6O8S/c1-39(2,3)54-38(50)43-31-19-11-6-4-5-10-16-26-23-40(26,37(49)45-55(51,52)28-20-21-28)44-34(47)32-22-27(24-46(32)36(31)48)53-35-33(25-14-8-7-9-15-25)41-29-17-12-13-18-30(29)42-35/h7-10,12-18,26-28,31-32H,4-6,11,19-24H2,1-3H3,(H,43,50)(H,44,47)(H,45,49)/b16-10-/t26?,27-,31-,32+,40-/m1/s1. The number of nitrogens with one attached hydrogen (secondary N) is 3. The highest BCUT2D eigenvalue weighted by Crippen LogP contribution is 2.46. The van der Waals surface area contributed by atoms with Gasteiger partial charge in [-0.2, -0.15) is 0 Å². The number of sulfonamides is 1. The number of hydrogen-bond donors (Lipinski definition) is 3. The van der Waals surface area contributed by atoms with Gasteiger partial charge in [0.25, 0.3) is 5.91 Å². The van der Waals surface area contributed by atoms with Gasteiger partial charge in [-0.05, 0) is 71.4 Å². The lowest BCUT2D eigenvalue weighted by Crippen LogP contribution is -2.58. The fraction of sp³-hybridized carbons (Fsp3) is 0.500. The number of alkyl carbamates (subject to hydrolysis) is 1. The minimum Gasteiger partial charge on any atom is -0.471 e. The van der Waals surface area contributed by atoms with E-state index in [0.29, 0.717) is 48.8 Å². The van der Waals surface area contributed by atoms with E-state index in [0.717, 1.165) is 18.4 Å². The Morgan fingerprint density at radius 2 is 1.65 bits per heavy atom. The molecule has 2 aliphatic heterocycles. The maximum absolute atomic E-state index is 14.6. The van der Waals surface area contributed by atoms with Gasteiger partial charge in [0.2, 0.25) is 27.7 Å². The first-order valence-electron chi connectivity index (χ1n) is 19.1. The van der Waals surface area contributed by atoms with E-state index in [9.17, 15) is 27.6 Å². The normalized spacial score (nSPS) is 26.7. The summed E-state index contributed by atoms with van der Waals surface area (Å²) in [6.07, 6.45) is 6.65. The summed E-state index contributed by atoms with van der Waals surface area (Å²) in [5.41, 5.74) is 0.196. The Labute approximate surface area is 320 Å². The number of amides is 4. The van der Waals surface area contributed by atoms with Crippen LogP contribution >= 0.6 is 0 Å². The third-order valence-corrected chi connectivity index (χ3v) is 12.2. The van der Waals surface area contributed by atoms with E-state index in [2.05, 4.69) is 15.4 Å². The van der Waals surface area contributed by atoms with Crippen molar-refractivity contribution in [1.82, 2.24) is 30.2 Å². The molecule has 2 aromatic carbocycles. The van der Waals surface area contributed by atoms with Gasteiger partial charge in [0.15, 0.2) is 0 Å². The van der Waals surface area contributed by atoms with Crippen molar-refractivity contribution in [3.8, 4) is 17.1 Å². The van der Waals surface area contributed by atoms with Crippen LogP contribution in [0.15, 0.2) is 66.7 Å². The van der Waals surface area contributed by atoms with Gasteiger partial charge in [-0.1, -0.05) is 67.5 Å². The summed E-state index contributed by atoms with van der Waals surface area (Å²) >= 11 is 0. The van der Waals surface area contributed by atoms with Crippen LogP contribution in [0.1, 0.15) is 78.6 Å². The molecule has 7 rings (SSSR count). The van der Waals surface area contributed by atoms with Crippen molar-refractivity contribution in [2.75, 3.05) is 6.54 Å². The first-order valence-corrected chi connectivity index (χ1v) is 20.6. The van der Waals surface area contributed by atoms with Gasteiger partial charge in [0.05, 0.1) is 22.8 Å². The largest absolute Gasteiger partial charge is 0.471 e. The third-order valence-electron chi connectivity index (χ3n) is 10.4. The summed E-state index contributed by atoms with van der Waals surface area (Å²) in [4.78, 5) is 66.9. The lowest BCUT2D eigenvalue weighted by Gasteiger charge is -2.30. The first-order chi connectivity index (χ1) is 26.2. The van der Waals surface area contributed by atoms with Crippen LogP contribution < -0.4 is 20.1 Å². The van der Waals surface area contributed by atoms with Crippen molar-refractivity contribution in [2.24, 2.45) is 5.92 Å². The summed E-state index contributed by atoms with van der Waals surface area (Å²) in [7, 11) is -3.90. The number of para-hydroxylation sites is 2. The molecule has 2 saturated carbocycles. The molecule has 15 heteroatoms. The zero-order chi connectivity index (χ0) is 39.0. The Hall–Kier alpha value is -5.05. The van der Waals surface area contributed by atoms with Gasteiger partial charge in [-0.15, -0.1) is 0 Å². The molecule has 3 fully saturated rings. The lowest BCUT2D eigenvalue weighted by molar-refractivity contribution is -0.141. The summed E-state index contributed by atoms with van der Waals surface area (Å²) in [6.45, 7) is 5.15. The maximum Gasteiger partial charge on any atom is 0.408 e. The molecule has 14 nitrogen and oxygen atoms in total. The van der Waals surface area contributed by atoms with Crippen molar-refractivity contribution in [1.29, 1.82) is 0 Å². The average molecular weight is 773 g/mol. The number of rotatable bonds is 7. The molecule has 5 atom stereocenters. The molecular formula is C40H48N6O8S. The summed E-state index contributed by atoms with van der Waals surface area (Å²) < 4.78 is 40.0. The zero-order valence-corrected chi connectivity index (χ0v) is 32.1. The van der Waals surface area contributed by atoms with E-state index >= 15 is 0 Å². The number of nitrogens with zero attached hydrogens (tertiary/aromatic N) is 3. The Balaban J connectivity index is 1.22. The molecule has 4 aliphatic rings. The first kappa shape index (κ1) is 38.2. The molecule has 1 saturated heterocycles. The van der Waals surface area contributed by atoms with Crippen LogP contribution in [0.25, 0.3) is 22.3 Å². The van der Waals surface area contributed by atoms with Crippen molar-refractivity contribution in [3.63, 3.8) is 0 Å². The molecule has 0 spiro atoms. The van der Waals surface area contributed by atoms with E-state index in [4.69, 9.17) is 19.4 Å². The van der Waals surface area contributed by atoms with Gasteiger partial charge in [0, 0.05) is 17.9 Å². The molecule has 3 N–H and O–H groups in total. The highest BCUT2D eigenvalue weighted by molar-refractivity contribution is 7.91. The number of ether oxygens (including phenoxy) is 2. The molecular weight excluding hydrogens is 725 g/mol. The summed E-state index contributed by atoms with van der Waals surface area (Å²) in [5.74, 6) is -2.13. The van der Waals surface area contributed by atoms with Gasteiger partial charge < -0.3 is 25.0 Å². The Kier molecular flexibility index (Phi) is 10.6. The van der Waals surface area contributed by atoms with Crippen molar-refractivity contribution in [2.45, 2.75) is 113 Å². The fourth-order valence-electron chi connectivity index (χ4n) is 7.31. The predicted octanol–water partition coefficient (Wildman–Crippen LogP) is 4.54. The van der Waals surface area contributed by atoms with Gasteiger partial charge in [-0.3, -0.25) is 19.1 Å². The van der Waals surface area contributed by atoms with E-state index in [1.54, 1.807) is 20.8 Å². The summed E-state index contributed by atoms with van der Waals surface area (Å²) in [6, 6.07) is 14.7. The SMILES string of the molecule is CC(C)(C)OC(=O)N[C@@H]1CCCCC/C=C\C2C[C@@]2(C(=O)NS(=O)(=O)C2CC2)NC(=O)[C@@H]2C[C@@H](Oc3nc4ccccc4nc3-c3ccccc3)CN2C1=O. The number of allylic oxidation sites excluding steroid dienone is 1. The van der Waals surface area contributed by atoms with Crippen molar-refractivity contribution in [3.05, 3.63) is 66.7 Å². The minimum atomic E-state index is -3.90. The smallest absolute Gasteiger partial charge is 0.408 e. The van der Waals surface area contributed by atoms with Gasteiger partial charge in [-0.25, -0.2) is 23.2 Å². The van der Waals surface area contributed by atoms with Crippen LogP contribution in [-0.4, -0.2) is 88.2 Å². The molecule has 55 heavy (non-hydrogen) atoms. The Morgan fingerprint density at radius 1 is 0.945 bits per heavy atom. The van der Waals surface area contributed by atoms with Gasteiger partial charge in [0.1, 0.15) is 35.0 Å². The molecule has 3 heterocycles. The molecule has 1 unspecified atom stereocenters. The average Bonchev–Trinajstić information content (AvgIpc) is 4.06. The monoisotopic (exact) mass is 772 g/mol. The van der Waals surface area contributed by atoms with E-state index in [1.165, 1.54) is 4.90 Å². The molecule has 0 radical (unpaired) electrons. The quantitative estimate of drug-likeness (QED) is 0.288. The fourth-order valence-corrected chi connectivity index (χ4v) is 8.67. The zero-order valence-electron chi connectivity index (χ0n) is 31.3. The van der Waals surface area contributed by atoms with Crippen LogP contribution in [0, 0.1) is 5.92 Å². The minimum absolute atomic E-state index is 0.0258. The Morgan fingerprint density at radius 3 is 2.36 bits per heavy atom. The third kappa shape index (κ3) is 8.77. The molecule has 1 aromatic heterocycles. The number of carbonyl (C=O) groups excluding carboxylic acids is 4. The number of hydrogen-bond acceptors (Lipinski definition) is 10. The van der Waals surface area contributed by atoms with Crippen LogP contribution in [0.3, 0.4) is 0 Å². The Bertz CT molecular complexity index is 2100. The van der Waals surface area contributed by atoms with Gasteiger partial charge >= 0.3 is 6.09 Å². The number of fused-ring (bicyclic) bond motifs is 3. The second kappa shape index (κ2) is 15.2. The highest BCUT2D eigenvalue weighted by Gasteiger charge is 2.62. The van der Waals surface area contributed by atoms with E-state index in [-0.39, 0.29) is 25.3 Å². The van der Waals surface area contributed by atoms with Crippen molar-refractivity contribution >= 4 is 44.9 Å². The second-order valence-electron chi connectivity index (χ2n) is 15.9. The lowest BCUT2D eigenvalue weighted by atomic mass is 10.0. The number of aromatic nitrogens is 2. The molecule has 0 bridgehead atoms. The van der Waals surface area contributed by atoms with Crippen LogP contribution in [0.5, 0.6) is 5.88 Å². The maximum atomic E-state index is 14.6. The summed E-state index contributed by atoms with van der Waals surface area (Å²) in [5, 5.41) is 5.01. The number of carbonyl (C=O) groups is 4. The molecule has 2 aliphatic carbocycles. The van der Waals surface area contributed by atoms with E-state index < -0.39 is 74.3 Å². The van der Waals surface area contributed by atoms with Crippen LogP contribution in [0.4, 0.5) is 4.79 Å². The number of benzene rings is 2.